The van der Waals surface area contributed by atoms with Crippen molar-refractivity contribution < 1.29 is 4.74 Å². The van der Waals surface area contributed by atoms with E-state index in [2.05, 4.69) is 10.6 Å². The Morgan fingerprint density at radius 3 is 2.50 bits per heavy atom. The fraction of sp³-hybridized carbons (Fsp3) is 0.188. The molecule has 116 valence electrons. The number of anilines is 1. The quantitative estimate of drug-likeness (QED) is 0.749. The monoisotopic (exact) mass is 354 g/mol. The van der Waals surface area contributed by atoms with E-state index >= 15 is 0 Å². The number of benzene rings is 2. The van der Waals surface area contributed by atoms with Gasteiger partial charge in [0, 0.05) is 22.3 Å². The van der Waals surface area contributed by atoms with Gasteiger partial charge in [0.1, 0.15) is 5.75 Å². The molecule has 2 rings (SSSR count). The molecule has 6 heteroatoms. The highest BCUT2D eigenvalue weighted by Crippen LogP contribution is 2.21. The number of hydrogen-bond donors (Lipinski definition) is 2. The average molecular weight is 355 g/mol. The fourth-order valence-corrected chi connectivity index (χ4v) is 2.48. The minimum absolute atomic E-state index is 0.523. The summed E-state index contributed by atoms with van der Waals surface area (Å²) in [7, 11) is 0. The van der Waals surface area contributed by atoms with Crippen molar-refractivity contribution in [3.63, 3.8) is 0 Å². The Balaban J connectivity index is 1.87. The van der Waals surface area contributed by atoms with E-state index in [1.807, 2.05) is 37.3 Å². The molecule has 0 amide bonds. The normalized spacial score (nSPS) is 10.1. The van der Waals surface area contributed by atoms with Crippen LogP contribution in [0.4, 0.5) is 5.69 Å². The summed E-state index contributed by atoms with van der Waals surface area (Å²) >= 11 is 17.3. The zero-order chi connectivity index (χ0) is 15.9. The van der Waals surface area contributed by atoms with E-state index in [9.17, 15) is 0 Å². The summed E-state index contributed by atoms with van der Waals surface area (Å²) < 4.78 is 5.39. The number of hydrogen-bond acceptors (Lipinski definition) is 2. The zero-order valence-electron chi connectivity index (χ0n) is 12.0. The maximum Gasteiger partial charge on any atom is 0.171 e. The third-order valence-electron chi connectivity index (χ3n) is 2.88. The van der Waals surface area contributed by atoms with Gasteiger partial charge in [0.15, 0.2) is 5.11 Å². The second kappa shape index (κ2) is 8.22. The Bertz CT molecular complexity index is 647. The van der Waals surface area contributed by atoms with Crippen molar-refractivity contribution in [2.75, 3.05) is 11.9 Å². The topological polar surface area (TPSA) is 33.3 Å². The zero-order valence-corrected chi connectivity index (χ0v) is 14.4. The summed E-state index contributed by atoms with van der Waals surface area (Å²) in [4.78, 5) is 0. The molecule has 0 spiro atoms. The number of ether oxygens (including phenoxy) is 1. The van der Waals surface area contributed by atoms with Crippen molar-refractivity contribution in [1.82, 2.24) is 5.32 Å². The minimum Gasteiger partial charge on any atom is -0.494 e. The molecule has 0 radical (unpaired) electrons. The van der Waals surface area contributed by atoms with Gasteiger partial charge >= 0.3 is 0 Å². The first-order chi connectivity index (χ1) is 10.6. The van der Waals surface area contributed by atoms with Gasteiger partial charge < -0.3 is 15.4 Å². The van der Waals surface area contributed by atoms with Gasteiger partial charge in [-0.25, -0.2) is 0 Å². The third kappa shape index (κ3) is 5.05. The highest BCUT2D eigenvalue weighted by Gasteiger charge is 2.03. The van der Waals surface area contributed by atoms with Gasteiger partial charge in [-0.15, -0.1) is 0 Å². The van der Waals surface area contributed by atoms with Crippen molar-refractivity contribution in [2.24, 2.45) is 0 Å². The van der Waals surface area contributed by atoms with Crippen molar-refractivity contribution in [3.8, 4) is 5.75 Å². The van der Waals surface area contributed by atoms with Gasteiger partial charge in [-0.05, 0) is 61.1 Å². The molecule has 3 nitrogen and oxygen atoms in total. The van der Waals surface area contributed by atoms with Crippen LogP contribution in [-0.4, -0.2) is 11.7 Å². The molecule has 0 aromatic heterocycles. The summed E-state index contributed by atoms with van der Waals surface area (Å²) in [6.07, 6.45) is 0. The van der Waals surface area contributed by atoms with Crippen LogP contribution in [0.15, 0.2) is 42.5 Å². The van der Waals surface area contributed by atoms with Gasteiger partial charge in [-0.1, -0.05) is 29.3 Å². The first-order valence-corrected chi connectivity index (χ1v) is 7.96. The molecule has 0 saturated carbocycles. The Morgan fingerprint density at radius 2 is 1.86 bits per heavy atom. The van der Waals surface area contributed by atoms with Crippen LogP contribution in [0.1, 0.15) is 12.5 Å². The van der Waals surface area contributed by atoms with Gasteiger partial charge in [0.05, 0.1) is 6.61 Å². The van der Waals surface area contributed by atoms with Gasteiger partial charge in [-0.2, -0.15) is 0 Å². The van der Waals surface area contributed by atoms with Crippen LogP contribution in [0, 0.1) is 0 Å². The first kappa shape index (κ1) is 16.9. The Kier molecular flexibility index (Phi) is 6.31. The molecule has 2 N–H and O–H groups in total. The van der Waals surface area contributed by atoms with Crippen LogP contribution in [0.25, 0.3) is 0 Å². The Hall–Kier alpha value is -1.49. The van der Waals surface area contributed by atoms with E-state index in [4.69, 9.17) is 40.2 Å². The van der Waals surface area contributed by atoms with Gasteiger partial charge in [-0.3, -0.25) is 0 Å². The number of thiocarbonyl (C=S) groups is 1. The Labute approximate surface area is 145 Å². The third-order valence-corrected chi connectivity index (χ3v) is 3.71. The maximum absolute atomic E-state index is 6.12. The van der Waals surface area contributed by atoms with Crippen molar-refractivity contribution in [2.45, 2.75) is 13.5 Å². The summed E-state index contributed by atoms with van der Waals surface area (Å²) in [5.41, 5.74) is 1.82. The highest BCUT2D eigenvalue weighted by molar-refractivity contribution is 7.80. The molecule has 0 saturated heterocycles. The molecule has 0 fully saturated rings. The molecule has 0 heterocycles. The van der Waals surface area contributed by atoms with Crippen LogP contribution in [0.3, 0.4) is 0 Å². The first-order valence-electron chi connectivity index (χ1n) is 6.80. The van der Waals surface area contributed by atoms with Crippen LogP contribution in [0.5, 0.6) is 5.75 Å². The van der Waals surface area contributed by atoms with E-state index in [1.165, 1.54) is 0 Å². The summed E-state index contributed by atoms with van der Waals surface area (Å²) in [6.45, 7) is 3.13. The van der Waals surface area contributed by atoms with Crippen molar-refractivity contribution >= 4 is 46.2 Å². The molecule has 0 aliphatic carbocycles. The van der Waals surface area contributed by atoms with Crippen molar-refractivity contribution in [3.05, 3.63) is 58.1 Å². The largest absolute Gasteiger partial charge is 0.494 e. The smallest absolute Gasteiger partial charge is 0.171 e. The molecular formula is C16H16Cl2N2OS. The second-order valence-corrected chi connectivity index (χ2v) is 5.75. The average Bonchev–Trinajstić information content (AvgIpc) is 2.49. The van der Waals surface area contributed by atoms with E-state index in [0.29, 0.717) is 28.3 Å². The van der Waals surface area contributed by atoms with Crippen LogP contribution in [0.2, 0.25) is 10.0 Å². The molecule has 0 bridgehead atoms. The SMILES string of the molecule is CCOc1ccc(NC(=S)NCc2ccc(Cl)cc2Cl)cc1. The van der Waals surface area contributed by atoms with Crippen LogP contribution < -0.4 is 15.4 Å². The molecule has 0 atom stereocenters. The summed E-state index contributed by atoms with van der Waals surface area (Å²) in [5, 5.41) is 7.97. The lowest BCUT2D eigenvalue weighted by Gasteiger charge is -2.12. The molecule has 2 aromatic rings. The van der Waals surface area contributed by atoms with Crippen LogP contribution >= 0.6 is 35.4 Å². The lowest BCUT2D eigenvalue weighted by Crippen LogP contribution is -2.27. The van der Waals surface area contributed by atoms with E-state index in [-0.39, 0.29) is 0 Å². The fourth-order valence-electron chi connectivity index (χ4n) is 1.82. The van der Waals surface area contributed by atoms with Gasteiger partial charge in [0.2, 0.25) is 0 Å². The lowest BCUT2D eigenvalue weighted by atomic mass is 10.2. The number of nitrogens with one attached hydrogen (secondary N) is 2. The maximum atomic E-state index is 6.12. The van der Waals surface area contributed by atoms with E-state index < -0.39 is 0 Å². The van der Waals surface area contributed by atoms with Crippen LogP contribution in [-0.2, 0) is 6.54 Å². The summed E-state index contributed by atoms with van der Waals surface area (Å²) in [6, 6.07) is 13.0. The number of rotatable bonds is 5. The highest BCUT2D eigenvalue weighted by atomic mass is 35.5. The Morgan fingerprint density at radius 1 is 1.14 bits per heavy atom. The second-order valence-electron chi connectivity index (χ2n) is 4.50. The standard InChI is InChI=1S/C16H16Cl2N2OS/c1-2-21-14-7-5-13(6-8-14)20-16(22)19-10-11-3-4-12(17)9-15(11)18/h3-9H,2,10H2,1H3,(H2,19,20,22). The number of halogens is 2. The predicted octanol–water partition coefficient (Wildman–Crippen LogP) is 4.88. The van der Waals surface area contributed by atoms with E-state index in [1.54, 1.807) is 12.1 Å². The molecule has 0 aliphatic rings. The molecule has 0 unspecified atom stereocenters. The van der Waals surface area contributed by atoms with E-state index in [0.717, 1.165) is 17.0 Å². The van der Waals surface area contributed by atoms with Gasteiger partial charge in [0.25, 0.3) is 0 Å². The molecule has 22 heavy (non-hydrogen) atoms. The molecular weight excluding hydrogens is 339 g/mol. The van der Waals surface area contributed by atoms with Crippen molar-refractivity contribution in [1.29, 1.82) is 0 Å². The lowest BCUT2D eigenvalue weighted by molar-refractivity contribution is 0.340. The summed E-state index contributed by atoms with van der Waals surface area (Å²) in [5.74, 6) is 0.833. The minimum atomic E-state index is 0.523. The molecule has 0 aliphatic heterocycles. The predicted molar refractivity (Wildman–Crippen MR) is 97.1 cm³/mol. The molecule has 2 aromatic carbocycles.